The summed E-state index contributed by atoms with van der Waals surface area (Å²) in [6, 6.07) is 19.8. The molecular weight excluding hydrogens is 632 g/mol. The van der Waals surface area contributed by atoms with Gasteiger partial charge in [0.2, 0.25) is 12.7 Å². The van der Waals surface area contributed by atoms with E-state index < -0.39 is 17.5 Å². The Bertz CT molecular complexity index is 2050. The molecule has 2 aromatic heterocycles. The smallest absolute Gasteiger partial charge is 0.270 e. The van der Waals surface area contributed by atoms with Gasteiger partial charge in [-0.05, 0) is 71.8 Å². The van der Waals surface area contributed by atoms with E-state index in [0.717, 1.165) is 65.8 Å². The number of nitrogens with zero attached hydrogens (tertiary/aromatic N) is 5. The highest BCUT2D eigenvalue weighted by Crippen LogP contribution is 2.33. The van der Waals surface area contributed by atoms with Crippen molar-refractivity contribution in [1.82, 2.24) is 19.4 Å². The van der Waals surface area contributed by atoms with Crippen LogP contribution in [-0.4, -0.2) is 71.2 Å². The molecule has 1 fully saturated rings. The highest BCUT2D eigenvalue weighted by atomic mass is 19.1. The third-order valence-electron chi connectivity index (χ3n) is 8.70. The molecule has 0 N–H and O–H groups in total. The molecule has 5 aromatic rings. The summed E-state index contributed by atoms with van der Waals surface area (Å²) in [6.07, 6.45) is 4.07. The third kappa shape index (κ3) is 6.95. The Hall–Kier alpha value is -5.75. The maximum Gasteiger partial charge on any atom is 0.270 e. The molecule has 0 saturated carbocycles. The van der Waals surface area contributed by atoms with Crippen molar-refractivity contribution in [3.63, 3.8) is 0 Å². The second-order valence-corrected chi connectivity index (χ2v) is 12.0. The van der Waals surface area contributed by atoms with Gasteiger partial charge in [-0.1, -0.05) is 6.07 Å². The van der Waals surface area contributed by atoms with Crippen molar-refractivity contribution in [3.05, 3.63) is 114 Å². The lowest BCUT2D eigenvalue weighted by Crippen LogP contribution is -2.48. The first kappa shape index (κ1) is 31.8. The molecule has 0 spiro atoms. The quantitative estimate of drug-likeness (QED) is 0.188. The van der Waals surface area contributed by atoms with Crippen molar-refractivity contribution in [2.75, 3.05) is 44.9 Å². The van der Waals surface area contributed by atoms with Gasteiger partial charge in [0.05, 0.1) is 11.9 Å². The Morgan fingerprint density at radius 2 is 1.69 bits per heavy atom. The average Bonchev–Trinajstić information content (AvgIpc) is 3.70. The summed E-state index contributed by atoms with van der Waals surface area (Å²) in [6.45, 7) is 3.83. The van der Waals surface area contributed by atoms with Crippen LogP contribution in [0.3, 0.4) is 0 Å². The predicted molar refractivity (Wildman–Crippen MR) is 180 cm³/mol. The van der Waals surface area contributed by atoms with E-state index in [-0.39, 0.29) is 18.3 Å². The SMILES string of the molecule is CN(C(=O)/C=C/c1cc(F)cc(F)c1)c1ccc(Oc2ccc3c(c2)cc(C(=O)N2CCN(Cc4ccc5c(c4)OCO5)CC2)n3C)nc1. The fourth-order valence-electron chi connectivity index (χ4n) is 5.99. The van der Waals surface area contributed by atoms with Gasteiger partial charge in [0.1, 0.15) is 23.1 Å². The Labute approximate surface area is 281 Å². The fourth-order valence-corrected chi connectivity index (χ4v) is 5.99. The molecule has 2 amide bonds. The molecule has 0 atom stereocenters. The lowest BCUT2D eigenvalue weighted by Gasteiger charge is -2.34. The number of halogens is 2. The van der Waals surface area contributed by atoms with Crippen molar-refractivity contribution in [3.8, 4) is 23.1 Å². The third-order valence-corrected chi connectivity index (χ3v) is 8.70. The summed E-state index contributed by atoms with van der Waals surface area (Å²) >= 11 is 0. The number of hydrogen-bond acceptors (Lipinski definition) is 7. The second-order valence-electron chi connectivity index (χ2n) is 12.0. The predicted octanol–water partition coefficient (Wildman–Crippen LogP) is 6.01. The number of carbonyl (C=O) groups excluding carboxylic acids is 2. The number of carbonyl (C=O) groups is 2. The number of rotatable bonds is 8. The van der Waals surface area contributed by atoms with E-state index in [0.29, 0.717) is 36.1 Å². The minimum absolute atomic E-state index is 0.0160. The number of benzene rings is 3. The van der Waals surface area contributed by atoms with Crippen LogP contribution in [0.5, 0.6) is 23.1 Å². The van der Waals surface area contributed by atoms with Crippen LogP contribution in [-0.2, 0) is 18.4 Å². The molecule has 7 rings (SSSR count). The van der Waals surface area contributed by atoms with Crippen LogP contribution in [0.1, 0.15) is 21.6 Å². The van der Waals surface area contributed by atoms with Gasteiger partial charge in [-0.2, -0.15) is 0 Å². The molecule has 250 valence electrons. The number of anilines is 1. The lowest BCUT2D eigenvalue weighted by atomic mass is 10.1. The Balaban J connectivity index is 0.958. The molecule has 2 aliphatic heterocycles. The van der Waals surface area contributed by atoms with Gasteiger partial charge in [-0.15, -0.1) is 0 Å². The van der Waals surface area contributed by atoms with E-state index in [9.17, 15) is 18.4 Å². The summed E-state index contributed by atoms with van der Waals surface area (Å²) in [4.78, 5) is 36.1. The molecule has 3 aromatic carbocycles. The number of piperazine rings is 1. The van der Waals surface area contributed by atoms with Crippen LogP contribution in [0.2, 0.25) is 0 Å². The Kier molecular flexibility index (Phi) is 8.70. The fraction of sp³-hybridized carbons (Fsp3) is 0.216. The van der Waals surface area contributed by atoms with Crippen LogP contribution in [0.25, 0.3) is 17.0 Å². The maximum absolute atomic E-state index is 13.6. The molecule has 4 heterocycles. The van der Waals surface area contributed by atoms with Gasteiger partial charge in [-0.3, -0.25) is 14.5 Å². The first-order chi connectivity index (χ1) is 23.7. The lowest BCUT2D eigenvalue weighted by molar-refractivity contribution is -0.113. The molecular formula is C37H33F2N5O5. The zero-order chi connectivity index (χ0) is 34.1. The van der Waals surface area contributed by atoms with Gasteiger partial charge in [0, 0.05) is 75.9 Å². The molecule has 0 unspecified atom stereocenters. The van der Waals surface area contributed by atoms with Crippen molar-refractivity contribution in [2.24, 2.45) is 7.05 Å². The number of fused-ring (bicyclic) bond motifs is 2. The summed E-state index contributed by atoms with van der Waals surface area (Å²) < 4.78 is 45.7. The number of aryl methyl sites for hydroxylation is 1. The largest absolute Gasteiger partial charge is 0.454 e. The van der Waals surface area contributed by atoms with Crippen LogP contribution in [0.15, 0.2) is 85.1 Å². The number of amides is 2. The first-order valence-corrected chi connectivity index (χ1v) is 15.8. The maximum atomic E-state index is 13.6. The topological polar surface area (TPSA) is 89.4 Å². The summed E-state index contributed by atoms with van der Waals surface area (Å²) in [5, 5.41) is 0.858. The Morgan fingerprint density at radius 1 is 0.918 bits per heavy atom. The summed E-state index contributed by atoms with van der Waals surface area (Å²) in [5.41, 5.74) is 3.39. The van der Waals surface area contributed by atoms with Gasteiger partial charge in [0.15, 0.2) is 11.5 Å². The van der Waals surface area contributed by atoms with Crippen molar-refractivity contribution in [2.45, 2.75) is 6.54 Å². The average molecular weight is 666 g/mol. The van der Waals surface area contributed by atoms with E-state index in [1.54, 1.807) is 19.2 Å². The second kappa shape index (κ2) is 13.4. The van der Waals surface area contributed by atoms with E-state index in [2.05, 4.69) is 16.0 Å². The van der Waals surface area contributed by atoms with Gasteiger partial charge < -0.3 is 28.6 Å². The van der Waals surface area contributed by atoms with Gasteiger partial charge in [0.25, 0.3) is 11.8 Å². The minimum atomic E-state index is -0.722. The minimum Gasteiger partial charge on any atom is -0.454 e. The number of hydrogen-bond donors (Lipinski definition) is 0. The van der Waals surface area contributed by atoms with Crippen molar-refractivity contribution >= 4 is 34.5 Å². The number of pyridine rings is 1. The number of ether oxygens (including phenoxy) is 3. The molecule has 10 nitrogen and oxygen atoms in total. The van der Waals surface area contributed by atoms with E-state index in [1.165, 1.54) is 23.2 Å². The zero-order valence-electron chi connectivity index (χ0n) is 26.9. The molecule has 0 radical (unpaired) electrons. The molecule has 0 bridgehead atoms. The highest BCUT2D eigenvalue weighted by Gasteiger charge is 2.25. The van der Waals surface area contributed by atoms with Crippen LogP contribution in [0.4, 0.5) is 14.5 Å². The monoisotopic (exact) mass is 665 g/mol. The number of likely N-dealkylation sites (N-methyl/N-ethyl adjacent to an activating group) is 1. The Morgan fingerprint density at radius 3 is 2.45 bits per heavy atom. The molecule has 2 aliphatic rings. The van der Waals surface area contributed by atoms with Crippen molar-refractivity contribution in [1.29, 1.82) is 0 Å². The van der Waals surface area contributed by atoms with Crippen LogP contribution in [0, 0.1) is 11.6 Å². The standard InChI is InChI=1S/C37H33F2N5O5/c1-41(36(45)10-4-24-15-27(38)20-28(39)16-24)29-5-9-35(40-21-29)49-30-6-7-31-26(18-30)19-32(42(31)2)37(46)44-13-11-43(12-14-44)22-25-3-8-33-34(17-25)48-23-47-33/h3-10,15-21H,11-14,22-23H2,1-2H3/b10-4+. The number of aromatic nitrogens is 2. The van der Waals surface area contributed by atoms with Crippen LogP contribution >= 0.6 is 0 Å². The zero-order valence-corrected chi connectivity index (χ0v) is 26.9. The first-order valence-electron chi connectivity index (χ1n) is 15.8. The summed E-state index contributed by atoms with van der Waals surface area (Å²) in [7, 11) is 3.45. The van der Waals surface area contributed by atoms with Gasteiger partial charge in [-0.25, -0.2) is 13.8 Å². The van der Waals surface area contributed by atoms with E-state index in [4.69, 9.17) is 14.2 Å². The summed E-state index contributed by atoms with van der Waals surface area (Å²) in [5.74, 6) is 0.552. The van der Waals surface area contributed by atoms with E-state index >= 15 is 0 Å². The van der Waals surface area contributed by atoms with Crippen molar-refractivity contribution < 1.29 is 32.6 Å². The molecule has 49 heavy (non-hydrogen) atoms. The highest BCUT2D eigenvalue weighted by molar-refractivity contribution is 6.03. The molecule has 1 saturated heterocycles. The van der Waals surface area contributed by atoms with E-state index in [1.807, 2.05) is 52.9 Å². The molecule has 12 heteroatoms. The van der Waals surface area contributed by atoms with Gasteiger partial charge >= 0.3 is 0 Å². The normalized spacial score (nSPS) is 14.5. The van der Waals surface area contributed by atoms with Crippen LogP contribution < -0.4 is 19.1 Å². The molecule has 0 aliphatic carbocycles.